The van der Waals surface area contributed by atoms with Crippen LogP contribution in [0.2, 0.25) is 0 Å². The lowest BCUT2D eigenvalue weighted by atomic mass is 10.1. The first-order valence-corrected chi connectivity index (χ1v) is 4.13. The number of benzene rings is 1. The van der Waals surface area contributed by atoms with Gasteiger partial charge in [-0.1, -0.05) is 13.5 Å². The van der Waals surface area contributed by atoms with Crippen molar-refractivity contribution in [1.29, 1.82) is 0 Å². The van der Waals surface area contributed by atoms with Crippen LogP contribution in [0.5, 0.6) is 0 Å². The van der Waals surface area contributed by atoms with Crippen LogP contribution in [0.4, 0.5) is 0 Å². The molecular formula is C12H13NO. The molecule has 2 aromatic rings. The third kappa shape index (κ3) is 1.79. The molecule has 0 N–H and O–H groups in total. The number of Topliss-reactive ketones (excluding diaryl/α,β-unsaturated/α-hetero) is 1. The minimum atomic E-state index is 0. The predicted molar refractivity (Wildman–Crippen MR) is 58.5 cm³/mol. The van der Waals surface area contributed by atoms with Crippen LogP contribution in [0.3, 0.4) is 0 Å². The van der Waals surface area contributed by atoms with Gasteiger partial charge >= 0.3 is 0 Å². The summed E-state index contributed by atoms with van der Waals surface area (Å²) < 4.78 is 0. The molecule has 0 unspecified atom stereocenters. The average Bonchev–Trinajstić information content (AvgIpc) is 2.17. The molecule has 14 heavy (non-hydrogen) atoms. The molecule has 0 radical (unpaired) electrons. The van der Waals surface area contributed by atoms with Crippen LogP contribution >= 0.6 is 0 Å². The van der Waals surface area contributed by atoms with Crippen molar-refractivity contribution in [3.8, 4) is 0 Å². The zero-order valence-corrected chi connectivity index (χ0v) is 7.32. The molecule has 1 aromatic carbocycles. The van der Waals surface area contributed by atoms with Gasteiger partial charge in [0.25, 0.3) is 0 Å². The number of rotatable bonds is 1. The molecular weight excluding hydrogens is 174 g/mol. The SMILES string of the molecule is C.CC(=O)c1ccc2ncccc2c1. The smallest absolute Gasteiger partial charge is 0.159 e. The van der Waals surface area contributed by atoms with Gasteiger partial charge in [0.1, 0.15) is 0 Å². The third-order valence-corrected chi connectivity index (χ3v) is 2.01. The molecule has 2 nitrogen and oxygen atoms in total. The van der Waals surface area contributed by atoms with Crippen molar-refractivity contribution in [3.63, 3.8) is 0 Å². The van der Waals surface area contributed by atoms with E-state index in [-0.39, 0.29) is 13.2 Å². The maximum absolute atomic E-state index is 11.1. The third-order valence-electron chi connectivity index (χ3n) is 2.01. The van der Waals surface area contributed by atoms with E-state index in [1.165, 1.54) is 0 Å². The summed E-state index contributed by atoms with van der Waals surface area (Å²) in [5.74, 6) is 0.0887. The number of fused-ring (bicyclic) bond motifs is 1. The molecule has 0 saturated carbocycles. The van der Waals surface area contributed by atoms with Gasteiger partial charge in [-0.25, -0.2) is 0 Å². The van der Waals surface area contributed by atoms with Gasteiger partial charge in [0.15, 0.2) is 5.78 Å². The first kappa shape index (κ1) is 10.4. The van der Waals surface area contributed by atoms with Crippen molar-refractivity contribution in [1.82, 2.24) is 4.98 Å². The molecule has 2 heteroatoms. The van der Waals surface area contributed by atoms with Crippen LogP contribution in [-0.2, 0) is 0 Å². The largest absolute Gasteiger partial charge is 0.295 e. The van der Waals surface area contributed by atoms with Crippen molar-refractivity contribution in [2.24, 2.45) is 0 Å². The summed E-state index contributed by atoms with van der Waals surface area (Å²) in [5.41, 5.74) is 1.66. The second-order valence-corrected chi connectivity index (χ2v) is 2.97. The van der Waals surface area contributed by atoms with Crippen LogP contribution in [0.1, 0.15) is 24.7 Å². The fourth-order valence-electron chi connectivity index (χ4n) is 1.29. The molecule has 2 rings (SSSR count). The van der Waals surface area contributed by atoms with Crippen LogP contribution in [0.15, 0.2) is 36.5 Å². The molecule has 0 fully saturated rings. The molecule has 1 aromatic heterocycles. The Morgan fingerprint density at radius 1 is 1.29 bits per heavy atom. The highest BCUT2D eigenvalue weighted by molar-refractivity contribution is 5.97. The first-order chi connectivity index (χ1) is 6.27. The van der Waals surface area contributed by atoms with Crippen molar-refractivity contribution >= 4 is 16.7 Å². The number of carbonyl (C=O) groups is 1. The Kier molecular flexibility index (Phi) is 2.97. The van der Waals surface area contributed by atoms with E-state index in [9.17, 15) is 4.79 Å². The van der Waals surface area contributed by atoms with Crippen LogP contribution in [0.25, 0.3) is 10.9 Å². The quantitative estimate of drug-likeness (QED) is 0.642. The van der Waals surface area contributed by atoms with Gasteiger partial charge in [-0.15, -0.1) is 0 Å². The molecule has 0 aliphatic carbocycles. The Hall–Kier alpha value is -1.70. The van der Waals surface area contributed by atoms with Crippen LogP contribution < -0.4 is 0 Å². The van der Waals surface area contributed by atoms with E-state index < -0.39 is 0 Å². The van der Waals surface area contributed by atoms with E-state index in [0.29, 0.717) is 0 Å². The summed E-state index contributed by atoms with van der Waals surface area (Å²) in [4.78, 5) is 15.2. The maximum atomic E-state index is 11.1. The van der Waals surface area contributed by atoms with Gasteiger partial charge in [0, 0.05) is 17.1 Å². The summed E-state index contributed by atoms with van der Waals surface area (Å²) in [6.45, 7) is 1.57. The second-order valence-electron chi connectivity index (χ2n) is 2.97. The molecule has 0 amide bonds. The first-order valence-electron chi connectivity index (χ1n) is 4.13. The Bertz CT molecular complexity index is 463. The van der Waals surface area contributed by atoms with Crippen molar-refractivity contribution in [2.45, 2.75) is 14.4 Å². The predicted octanol–water partition coefficient (Wildman–Crippen LogP) is 3.07. The van der Waals surface area contributed by atoms with E-state index in [4.69, 9.17) is 0 Å². The van der Waals surface area contributed by atoms with E-state index >= 15 is 0 Å². The van der Waals surface area contributed by atoms with E-state index in [2.05, 4.69) is 4.98 Å². The van der Waals surface area contributed by atoms with Crippen molar-refractivity contribution in [2.75, 3.05) is 0 Å². The number of hydrogen-bond donors (Lipinski definition) is 0. The summed E-state index contributed by atoms with van der Waals surface area (Å²) in [7, 11) is 0. The highest BCUT2D eigenvalue weighted by atomic mass is 16.1. The van der Waals surface area contributed by atoms with Crippen LogP contribution in [-0.4, -0.2) is 10.8 Å². The number of aromatic nitrogens is 1. The Balaban J connectivity index is 0.000000980. The number of pyridine rings is 1. The summed E-state index contributed by atoms with van der Waals surface area (Å²) >= 11 is 0. The number of nitrogens with zero attached hydrogens (tertiary/aromatic N) is 1. The fourth-order valence-corrected chi connectivity index (χ4v) is 1.29. The monoisotopic (exact) mass is 187 g/mol. The lowest BCUT2D eigenvalue weighted by Gasteiger charge is -1.98. The topological polar surface area (TPSA) is 30.0 Å². The molecule has 0 bridgehead atoms. The standard InChI is InChI=1S/C11H9NO.CH4/c1-8(13)9-4-5-11-10(7-9)3-2-6-12-11;/h2-7H,1H3;1H4. The van der Waals surface area contributed by atoms with Gasteiger partial charge < -0.3 is 0 Å². The zero-order chi connectivity index (χ0) is 9.26. The number of ketones is 1. The lowest BCUT2D eigenvalue weighted by molar-refractivity contribution is 0.101. The minimum absolute atomic E-state index is 0. The molecule has 72 valence electrons. The Morgan fingerprint density at radius 3 is 2.79 bits per heavy atom. The van der Waals surface area contributed by atoms with Gasteiger partial charge in [-0.05, 0) is 31.2 Å². The summed E-state index contributed by atoms with van der Waals surface area (Å²) in [6.07, 6.45) is 1.75. The molecule has 1 heterocycles. The highest BCUT2D eigenvalue weighted by Crippen LogP contribution is 2.13. The number of hydrogen-bond acceptors (Lipinski definition) is 2. The van der Waals surface area contributed by atoms with E-state index in [1.54, 1.807) is 19.2 Å². The maximum Gasteiger partial charge on any atom is 0.159 e. The summed E-state index contributed by atoms with van der Waals surface area (Å²) in [5, 5.41) is 1.01. The average molecular weight is 187 g/mol. The fraction of sp³-hybridized carbons (Fsp3) is 0.167. The van der Waals surface area contributed by atoms with E-state index in [0.717, 1.165) is 16.5 Å². The van der Waals surface area contributed by atoms with Crippen molar-refractivity contribution in [3.05, 3.63) is 42.1 Å². The normalized spacial score (nSPS) is 9.50. The van der Waals surface area contributed by atoms with Gasteiger partial charge in [0.05, 0.1) is 5.52 Å². The second kappa shape index (κ2) is 4.01. The minimum Gasteiger partial charge on any atom is -0.295 e. The van der Waals surface area contributed by atoms with Gasteiger partial charge in [-0.2, -0.15) is 0 Å². The zero-order valence-electron chi connectivity index (χ0n) is 7.32. The van der Waals surface area contributed by atoms with Crippen molar-refractivity contribution < 1.29 is 4.79 Å². The molecule has 0 aliphatic rings. The molecule has 0 atom stereocenters. The van der Waals surface area contributed by atoms with Gasteiger partial charge in [0.2, 0.25) is 0 Å². The Labute approximate surface area is 83.6 Å². The molecule has 0 spiro atoms. The molecule has 0 saturated heterocycles. The number of carbonyl (C=O) groups excluding carboxylic acids is 1. The van der Waals surface area contributed by atoms with Crippen LogP contribution in [0, 0.1) is 0 Å². The molecule has 0 aliphatic heterocycles. The Morgan fingerprint density at radius 2 is 2.07 bits per heavy atom. The van der Waals surface area contributed by atoms with E-state index in [1.807, 2.05) is 24.3 Å². The lowest BCUT2D eigenvalue weighted by Crippen LogP contribution is -1.91. The van der Waals surface area contributed by atoms with Gasteiger partial charge in [-0.3, -0.25) is 9.78 Å². The summed E-state index contributed by atoms with van der Waals surface area (Å²) in [6, 6.07) is 9.36. The highest BCUT2D eigenvalue weighted by Gasteiger charge is 1.99.